The number of esters is 1. The van der Waals surface area contributed by atoms with Gasteiger partial charge in [-0.1, -0.05) is 13.3 Å². The molecule has 1 aliphatic rings. The SMILES string of the molecule is CCC(C(N)=O)N1CCCC[C@@H]1C(=O)OC. The minimum Gasteiger partial charge on any atom is -0.468 e. The molecule has 5 heteroatoms. The Morgan fingerprint density at radius 2 is 2.19 bits per heavy atom. The largest absolute Gasteiger partial charge is 0.468 e. The monoisotopic (exact) mass is 228 g/mol. The summed E-state index contributed by atoms with van der Waals surface area (Å²) in [6, 6.07) is -0.666. The van der Waals surface area contributed by atoms with Crippen molar-refractivity contribution in [2.75, 3.05) is 13.7 Å². The van der Waals surface area contributed by atoms with Crippen molar-refractivity contribution in [3.8, 4) is 0 Å². The summed E-state index contributed by atoms with van der Waals surface area (Å²) < 4.78 is 4.76. The third kappa shape index (κ3) is 2.72. The van der Waals surface area contributed by atoms with Crippen LogP contribution in [0.3, 0.4) is 0 Å². The Bertz CT molecular complexity index is 268. The second kappa shape index (κ2) is 5.84. The Balaban J connectivity index is 2.80. The van der Waals surface area contributed by atoms with Gasteiger partial charge in [0.15, 0.2) is 0 Å². The van der Waals surface area contributed by atoms with Crippen molar-refractivity contribution in [2.24, 2.45) is 5.73 Å². The lowest BCUT2D eigenvalue weighted by Crippen LogP contribution is -2.54. The molecule has 1 fully saturated rings. The zero-order chi connectivity index (χ0) is 12.1. The van der Waals surface area contributed by atoms with Crippen molar-refractivity contribution in [3.05, 3.63) is 0 Å². The topological polar surface area (TPSA) is 72.6 Å². The van der Waals surface area contributed by atoms with Gasteiger partial charge in [-0.2, -0.15) is 0 Å². The average Bonchev–Trinajstić information content (AvgIpc) is 2.29. The molecule has 0 spiro atoms. The first-order valence-electron chi connectivity index (χ1n) is 5.74. The van der Waals surface area contributed by atoms with Gasteiger partial charge in [0.1, 0.15) is 6.04 Å². The fourth-order valence-electron chi connectivity index (χ4n) is 2.32. The maximum Gasteiger partial charge on any atom is 0.323 e. The molecule has 16 heavy (non-hydrogen) atoms. The van der Waals surface area contributed by atoms with E-state index in [1.807, 2.05) is 11.8 Å². The summed E-state index contributed by atoms with van der Waals surface area (Å²) in [6.07, 6.45) is 3.36. The minimum absolute atomic E-state index is 0.264. The first kappa shape index (κ1) is 13.0. The number of primary amides is 1. The van der Waals surface area contributed by atoms with Gasteiger partial charge < -0.3 is 10.5 Å². The zero-order valence-electron chi connectivity index (χ0n) is 9.94. The normalized spacial score (nSPS) is 23.8. The van der Waals surface area contributed by atoms with Gasteiger partial charge in [0, 0.05) is 0 Å². The number of rotatable bonds is 4. The molecule has 0 bridgehead atoms. The summed E-state index contributed by atoms with van der Waals surface area (Å²) in [5.41, 5.74) is 5.35. The highest BCUT2D eigenvalue weighted by Crippen LogP contribution is 2.21. The molecule has 1 unspecified atom stereocenters. The third-order valence-electron chi connectivity index (χ3n) is 3.13. The summed E-state index contributed by atoms with van der Waals surface area (Å²) in [6.45, 7) is 2.64. The molecule has 1 saturated heterocycles. The number of carbonyl (C=O) groups excluding carboxylic acids is 2. The predicted octanol–water partition coefficient (Wildman–Crippen LogP) is 0.278. The van der Waals surface area contributed by atoms with Crippen LogP contribution in [0.2, 0.25) is 0 Å². The van der Waals surface area contributed by atoms with Crippen molar-refractivity contribution < 1.29 is 14.3 Å². The van der Waals surface area contributed by atoms with Crippen LogP contribution in [0.1, 0.15) is 32.6 Å². The van der Waals surface area contributed by atoms with Crippen LogP contribution in [0.15, 0.2) is 0 Å². The maximum atomic E-state index is 11.6. The van der Waals surface area contributed by atoms with Gasteiger partial charge in [0.25, 0.3) is 0 Å². The lowest BCUT2D eigenvalue weighted by molar-refractivity contribution is -0.150. The minimum atomic E-state index is -0.363. The van der Waals surface area contributed by atoms with Crippen LogP contribution >= 0.6 is 0 Å². The number of methoxy groups -OCH3 is 1. The van der Waals surface area contributed by atoms with Gasteiger partial charge in [0.2, 0.25) is 5.91 Å². The summed E-state index contributed by atoms with van der Waals surface area (Å²) in [4.78, 5) is 24.8. The van der Waals surface area contributed by atoms with Crippen LogP contribution < -0.4 is 5.73 Å². The fraction of sp³-hybridized carbons (Fsp3) is 0.818. The van der Waals surface area contributed by atoms with Crippen LogP contribution in [0, 0.1) is 0 Å². The Kier molecular flexibility index (Phi) is 4.73. The number of hydrogen-bond donors (Lipinski definition) is 1. The van der Waals surface area contributed by atoms with Crippen LogP contribution in [0.5, 0.6) is 0 Å². The van der Waals surface area contributed by atoms with Crippen molar-refractivity contribution in [3.63, 3.8) is 0 Å². The van der Waals surface area contributed by atoms with Crippen molar-refractivity contribution in [1.29, 1.82) is 0 Å². The van der Waals surface area contributed by atoms with Gasteiger partial charge in [-0.05, 0) is 25.8 Å². The molecule has 5 nitrogen and oxygen atoms in total. The Labute approximate surface area is 95.9 Å². The predicted molar refractivity (Wildman–Crippen MR) is 59.6 cm³/mol. The summed E-state index contributed by atoms with van der Waals surface area (Å²) in [5, 5.41) is 0. The molecule has 0 aliphatic carbocycles. The van der Waals surface area contributed by atoms with E-state index in [0.29, 0.717) is 6.42 Å². The maximum absolute atomic E-state index is 11.6. The standard InChI is InChI=1S/C11H20N2O3/c1-3-8(10(12)14)13-7-5-4-6-9(13)11(15)16-2/h8-9H,3-7H2,1-2H3,(H2,12,14)/t8?,9-/m1/s1. The highest BCUT2D eigenvalue weighted by atomic mass is 16.5. The summed E-state index contributed by atoms with van der Waals surface area (Å²) in [5.74, 6) is -0.627. The molecule has 1 aliphatic heterocycles. The number of nitrogens with zero attached hydrogens (tertiary/aromatic N) is 1. The summed E-state index contributed by atoms with van der Waals surface area (Å²) >= 11 is 0. The van der Waals surface area contributed by atoms with Crippen molar-refractivity contribution >= 4 is 11.9 Å². The fourth-order valence-corrected chi connectivity index (χ4v) is 2.32. The van der Waals surface area contributed by atoms with Gasteiger partial charge in [-0.3, -0.25) is 14.5 Å². The van der Waals surface area contributed by atoms with Crippen LogP contribution in [0.25, 0.3) is 0 Å². The average molecular weight is 228 g/mol. The van der Waals surface area contributed by atoms with Crippen LogP contribution in [0.4, 0.5) is 0 Å². The molecule has 0 saturated carbocycles. The number of ether oxygens (including phenoxy) is 1. The molecule has 0 aromatic rings. The van der Waals surface area contributed by atoms with Gasteiger partial charge >= 0.3 is 5.97 Å². The molecule has 0 aromatic carbocycles. The lowest BCUT2D eigenvalue weighted by atomic mass is 9.98. The second-order valence-electron chi connectivity index (χ2n) is 4.10. The number of likely N-dealkylation sites (tertiary alicyclic amines) is 1. The molecule has 0 aromatic heterocycles. The quantitative estimate of drug-likeness (QED) is 0.701. The number of nitrogens with two attached hydrogens (primary N) is 1. The molecular formula is C11H20N2O3. The first-order valence-corrected chi connectivity index (χ1v) is 5.74. The van der Waals surface area contributed by atoms with E-state index in [4.69, 9.17) is 10.5 Å². The van der Waals surface area contributed by atoms with E-state index in [2.05, 4.69) is 0 Å². The number of hydrogen-bond acceptors (Lipinski definition) is 4. The molecule has 0 radical (unpaired) electrons. The second-order valence-corrected chi connectivity index (χ2v) is 4.10. The van der Waals surface area contributed by atoms with E-state index in [9.17, 15) is 9.59 Å². The molecule has 2 atom stereocenters. The van der Waals surface area contributed by atoms with E-state index >= 15 is 0 Å². The van der Waals surface area contributed by atoms with Crippen molar-refractivity contribution in [1.82, 2.24) is 4.90 Å². The lowest BCUT2D eigenvalue weighted by Gasteiger charge is -2.37. The van der Waals surface area contributed by atoms with E-state index in [-0.39, 0.29) is 24.0 Å². The van der Waals surface area contributed by atoms with Crippen LogP contribution in [-0.2, 0) is 14.3 Å². The number of piperidine rings is 1. The Morgan fingerprint density at radius 3 is 2.69 bits per heavy atom. The van der Waals surface area contributed by atoms with Crippen molar-refractivity contribution in [2.45, 2.75) is 44.7 Å². The third-order valence-corrected chi connectivity index (χ3v) is 3.13. The molecule has 1 heterocycles. The number of carbonyl (C=O) groups is 2. The Morgan fingerprint density at radius 1 is 1.50 bits per heavy atom. The molecule has 92 valence electrons. The van der Waals surface area contributed by atoms with E-state index < -0.39 is 0 Å². The molecule has 1 rings (SSSR count). The highest BCUT2D eigenvalue weighted by molar-refractivity contribution is 5.82. The van der Waals surface area contributed by atoms with Gasteiger partial charge in [-0.25, -0.2) is 0 Å². The molecular weight excluding hydrogens is 208 g/mol. The van der Waals surface area contributed by atoms with E-state index in [1.165, 1.54) is 7.11 Å². The smallest absolute Gasteiger partial charge is 0.323 e. The van der Waals surface area contributed by atoms with Crippen LogP contribution in [-0.4, -0.2) is 42.5 Å². The molecule has 1 amide bonds. The first-order chi connectivity index (χ1) is 7.61. The zero-order valence-corrected chi connectivity index (χ0v) is 9.94. The Hall–Kier alpha value is -1.10. The van der Waals surface area contributed by atoms with Gasteiger partial charge in [0.05, 0.1) is 13.2 Å². The highest BCUT2D eigenvalue weighted by Gasteiger charge is 2.35. The van der Waals surface area contributed by atoms with E-state index in [0.717, 1.165) is 25.8 Å². The van der Waals surface area contributed by atoms with Gasteiger partial charge in [-0.15, -0.1) is 0 Å². The number of amides is 1. The van der Waals surface area contributed by atoms with E-state index in [1.54, 1.807) is 0 Å². The molecule has 2 N–H and O–H groups in total. The summed E-state index contributed by atoms with van der Waals surface area (Å²) in [7, 11) is 1.38.